The molecule has 0 aliphatic rings. The lowest BCUT2D eigenvalue weighted by Gasteiger charge is -2.28. The molecule has 3 N–H and O–H groups in total. The van der Waals surface area contributed by atoms with Crippen LogP contribution in [0.15, 0.2) is 41.3 Å². The third kappa shape index (κ3) is 4.28. The molecular formula is C19H21ClN4O3S. The van der Waals surface area contributed by atoms with Crippen LogP contribution in [0.2, 0.25) is 4.34 Å². The first-order valence-electron chi connectivity index (χ1n) is 8.64. The summed E-state index contributed by atoms with van der Waals surface area (Å²) in [7, 11) is 0. The van der Waals surface area contributed by atoms with E-state index in [1.807, 2.05) is 12.1 Å². The number of halogens is 1. The quantitative estimate of drug-likeness (QED) is 0.553. The third-order valence-corrected chi connectivity index (χ3v) is 5.48. The van der Waals surface area contributed by atoms with E-state index >= 15 is 0 Å². The smallest absolute Gasteiger partial charge is 0.327 e. The van der Waals surface area contributed by atoms with Gasteiger partial charge >= 0.3 is 5.97 Å². The number of carboxylic acid groups (broad SMARTS) is 1. The summed E-state index contributed by atoms with van der Waals surface area (Å²) in [6, 6.07) is 7.82. The van der Waals surface area contributed by atoms with Crippen molar-refractivity contribution in [2.24, 2.45) is 5.41 Å². The Morgan fingerprint density at radius 2 is 2.14 bits per heavy atom. The molecule has 0 amide bonds. The fourth-order valence-corrected chi connectivity index (χ4v) is 4.03. The van der Waals surface area contributed by atoms with Crippen LogP contribution in [0.25, 0.3) is 11.3 Å². The van der Waals surface area contributed by atoms with E-state index < -0.39 is 17.4 Å². The van der Waals surface area contributed by atoms with Gasteiger partial charge in [0.05, 0.1) is 22.1 Å². The van der Waals surface area contributed by atoms with Gasteiger partial charge in [-0.3, -0.25) is 9.89 Å². The molecule has 0 bridgehead atoms. The number of anilines is 1. The Labute approximate surface area is 171 Å². The molecule has 7 nitrogen and oxygen atoms in total. The van der Waals surface area contributed by atoms with E-state index in [1.165, 1.54) is 22.1 Å². The van der Waals surface area contributed by atoms with Crippen molar-refractivity contribution in [3.05, 3.63) is 56.1 Å². The van der Waals surface area contributed by atoms with E-state index in [4.69, 9.17) is 11.6 Å². The topological polar surface area (TPSA) is 100 Å². The minimum atomic E-state index is -1.05. The van der Waals surface area contributed by atoms with Crippen LogP contribution >= 0.6 is 22.9 Å². The van der Waals surface area contributed by atoms with Gasteiger partial charge in [0, 0.05) is 17.1 Å². The summed E-state index contributed by atoms with van der Waals surface area (Å²) in [5, 5.41) is 19.8. The van der Waals surface area contributed by atoms with E-state index in [2.05, 4.69) is 15.5 Å². The lowest BCUT2D eigenvalue weighted by atomic mass is 9.86. The Kier molecular flexibility index (Phi) is 5.62. The average Bonchev–Trinajstić information content (AvgIpc) is 3.22. The molecule has 0 saturated carbocycles. The fraction of sp³-hybridized carbons (Fsp3) is 0.316. The highest BCUT2D eigenvalue weighted by atomic mass is 35.5. The minimum Gasteiger partial charge on any atom is -0.480 e. The van der Waals surface area contributed by atoms with Crippen molar-refractivity contribution in [2.45, 2.75) is 33.4 Å². The zero-order chi connectivity index (χ0) is 20.5. The van der Waals surface area contributed by atoms with Crippen molar-refractivity contribution >= 4 is 34.7 Å². The van der Waals surface area contributed by atoms with Gasteiger partial charge in [0.2, 0.25) is 0 Å². The molecule has 0 spiro atoms. The fourth-order valence-electron chi connectivity index (χ4n) is 3.00. The van der Waals surface area contributed by atoms with Crippen LogP contribution in [0.5, 0.6) is 0 Å². The Morgan fingerprint density at radius 3 is 2.75 bits per heavy atom. The molecule has 1 atom stereocenters. The Bertz CT molecular complexity index is 1050. The highest BCUT2D eigenvalue weighted by Crippen LogP contribution is 2.30. The van der Waals surface area contributed by atoms with E-state index in [0.717, 1.165) is 9.21 Å². The van der Waals surface area contributed by atoms with Crippen LogP contribution in [0, 0.1) is 5.41 Å². The van der Waals surface area contributed by atoms with E-state index in [9.17, 15) is 14.7 Å². The number of H-pyrrole nitrogens is 1. The molecule has 3 aromatic heterocycles. The number of nitrogens with zero attached hydrogens (tertiary/aromatic N) is 2. The SMILES string of the molecule is CC(C)(C)C(C(=O)O)n1cccc(-c2cc(NCc3ccc(Cl)s3)n[nH]2)c1=O. The van der Waals surface area contributed by atoms with Gasteiger partial charge in [-0.05, 0) is 29.7 Å². The molecule has 3 aromatic rings. The predicted octanol–water partition coefficient (Wildman–Crippen LogP) is 4.24. The molecule has 0 radical (unpaired) electrons. The summed E-state index contributed by atoms with van der Waals surface area (Å²) in [5.74, 6) is -0.465. The van der Waals surface area contributed by atoms with Gasteiger partial charge in [0.15, 0.2) is 0 Å². The maximum Gasteiger partial charge on any atom is 0.327 e. The van der Waals surface area contributed by atoms with Crippen LogP contribution in [-0.2, 0) is 11.3 Å². The number of aromatic amines is 1. The molecule has 148 valence electrons. The molecule has 0 fully saturated rings. The number of carbonyl (C=O) groups is 1. The number of aromatic nitrogens is 3. The molecular weight excluding hydrogens is 400 g/mol. The first-order chi connectivity index (χ1) is 13.2. The average molecular weight is 421 g/mol. The van der Waals surface area contributed by atoms with Crippen LogP contribution in [0.1, 0.15) is 31.7 Å². The van der Waals surface area contributed by atoms with Gasteiger partial charge in [0.1, 0.15) is 11.9 Å². The van der Waals surface area contributed by atoms with E-state index in [-0.39, 0.29) is 5.56 Å². The Balaban J connectivity index is 1.88. The summed E-state index contributed by atoms with van der Waals surface area (Å²) >= 11 is 7.41. The van der Waals surface area contributed by atoms with Crippen LogP contribution in [0.4, 0.5) is 5.82 Å². The zero-order valence-corrected chi connectivity index (χ0v) is 17.3. The van der Waals surface area contributed by atoms with Gasteiger partial charge in [0.25, 0.3) is 5.56 Å². The number of nitrogens with one attached hydrogen (secondary N) is 2. The van der Waals surface area contributed by atoms with Gasteiger partial charge in [-0.2, -0.15) is 5.10 Å². The lowest BCUT2D eigenvalue weighted by Crippen LogP contribution is -2.38. The number of hydrogen-bond acceptors (Lipinski definition) is 5. The van der Waals surface area contributed by atoms with E-state index in [0.29, 0.717) is 23.6 Å². The van der Waals surface area contributed by atoms with Crippen LogP contribution in [0.3, 0.4) is 0 Å². The van der Waals surface area contributed by atoms with Crippen LogP contribution in [-0.4, -0.2) is 25.8 Å². The molecule has 0 saturated heterocycles. The molecule has 3 rings (SSSR count). The third-order valence-electron chi connectivity index (χ3n) is 4.25. The molecule has 0 aliphatic carbocycles. The van der Waals surface area contributed by atoms with Gasteiger partial charge < -0.3 is 15.0 Å². The summed E-state index contributed by atoms with van der Waals surface area (Å²) in [6.07, 6.45) is 1.51. The highest BCUT2D eigenvalue weighted by Gasteiger charge is 2.34. The van der Waals surface area contributed by atoms with Gasteiger partial charge in [-0.1, -0.05) is 32.4 Å². The minimum absolute atomic E-state index is 0.359. The van der Waals surface area contributed by atoms with Crippen molar-refractivity contribution in [1.29, 1.82) is 0 Å². The Morgan fingerprint density at radius 1 is 1.39 bits per heavy atom. The monoisotopic (exact) mass is 420 g/mol. The largest absolute Gasteiger partial charge is 0.480 e. The lowest BCUT2D eigenvalue weighted by molar-refractivity contribution is -0.144. The van der Waals surface area contributed by atoms with Crippen molar-refractivity contribution in [1.82, 2.24) is 14.8 Å². The summed E-state index contributed by atoms with van der Waals surface area (Å²) in [6.45, 7) is 5.94. The first-order valence-corrected chi connectivity index (χ1v) is 9.84. The highest BCUT2D eigenvalue weighted by molar-refractivity contribution is 7.16. The second-order valence-electron chi connectivity index (χ2n) is 7.47. The molecule has 0 aliphatic heterocycles. The normalized spacial score (nSPS) is 12.7. The molecule has 0 aromatic carbocycles. The second kappa shape index (κ2) is 7.81. The van der Waals surface area contributed by atoms with Gasteiger partial charge in [-0.15, -0.1) is 11.3 Å². The predicted molar refractivity (Wildman–Crippen MR) is 111 cm³/mol. The van der Waals surface area contributed by atoms with Crippen molar-refractivity contribution < 1.29 is 9.90 Å². The molecule has 3 heterocycles. The summed E-state index contributed by atoms with van der Waals surface area (Å²) < 4.78 is 1.98. The maximum absolute atomic E-state index is 13.0. The molecule has 1 unspecified atom stereocenters. The number of rotatable bonds is 6. The summed E-state index contributed by atoms with van der Waals surface area (Å²) in [4.78, 5) is 25.8. The standard InChI is InChI=1S/C19H21ClN4O3S/c1-19(2,3)16(18(26)27)24-8-4-5-12(17(24)25)13-9-15(23-22-13)21-10-11-6-7-14(20)28-11/h4-9,16H,10H2,1-3H3,(H,26,27)(H2,21,22,23). The maximum atomic E-state index is 13.0. The first kappa shape index (κ1) is 20.2. The number of thiophene rings is 1. The Hall–Kier alpha value is -2.58. The van der Waals surface area contributed by atoms with Crippen LogP contribution < -0.4 is 10.9 Å². The van der Waals surface area contributed by atoms with Crippen molar-refractivity contribution in [2.75, 3.05) is 5.32 Å². The van der Waals surface area contributed by atoms with E-state index in [1.54, 1.807) is 39.0 Å². The van der Waals surface area contributed by atoms with Crippen molar-refractivity contribution in [3.63, 3.8) is 0 Å². The number of aliphatic carboxylic acids is 1. The molecule has 28 heavy (non-hydrogen) atoms. The molecule has 9 heteroatoms. The van der Waals surface area contributed by atoms with Crippen molar-refractivity contribution in [3.8, 4) is 11.3 Å². The number of hydrogen-bond donors (Lipinski definition) is 3. The number of carboxylic acids is 1. The zero-order valence-electron chi connectivity index (χ0n) is 15.7. The number of pyridine rings is 1. The second-order valence-corrected chi connectivity index (χ2v) is 9.27. The van der Waals surface area contributed by atoms with Gasteiger partial charge in [-0.25, -0.2) is 4.79 Å². The summed E-state index contributed by atoms with van der Waals surface area (Å²) in [5.41, 5.74) is -0.136.